The lowest BCUT2D eigenvalue weighted by Crippen LogP contribution is -2.22. The van der Waals surface area contributed by atoms with Crippen molar-refractivity contribution in [3.05, 3.63) is 35.9 Å². The first-order valence-corrected chi connectivity index (χ1v) is 5.68. The van der Waals surface area contributed by atoms with Gasteiger partial charge in [-0.15, -0.1) is 0 Å². The maximum Gasteiger partial charge on any atom is 0.141 e. The molecule has 1 nitrogen and oxygen atoms in total. The van der Waals surface area contributed by atoms with Crippen LogP contribution in [0.15, 0.2) is 30.3 Å². The fourth-order valence-electron chi connectivity index (χ4n) is 2.44. The Morgan fingerprint density at radius 2 is 1.93 bits per heavy atom. The molecule has 1 aromatic carbocycles. The Balaban J connectivity index is 2.06. The van der Waals surface area contributed by atoms with Gasteiger partial charge in [-0.25, -0.2) is 0 Å². The molecule has 1 aliphatic rings. The number of carbonyl (C=O) groups is 1. The van der Waals surface area contributed by atoms with Crippen LogP contribution in [0.2, 0.25) is 0 Å². The Labute approximate surface area is 91.5 Å². The van der Waals surface area contributed by atoms with Gasteiger partial charge in [0.25, 0.3) is 0 Å². The van der Waals surface area contributed by atoms with E-state index in [1.54, 1.807) is 0 Å². The summed E-state index contributed by atoms with van der Waals surface area (Å²) >= 11 is 0. The minimum atomic E-state index is -0.0839. The molecule has 2 rings (SSSR count). The normalized spacial score (nSPS) is 24.4. The molecule has 1 atom stereocenters. The Morgan fingerprint density at radius 3 is 2.47 bits per heavy atom. The number of rotatable bonds is 2. The Morgan fingerprint density at radius 1 is 1.27 bits per heavy atom. The van der Waals surface area contributed by atoms with E-state index >= 15 is 0 Å². The van der Waals surface area contributed by atoms with Crippen molar-refractivity contribution >= 4 is 5.78 Å². The second-order valence-corrected chi connectivity index (χ2v) is 5.17. The number of hydrogen-bond acceptors (Lipinski definition) is 1. The third-order valence-corrected chi connectivity index (χ3v) is 3.48. The van der Waals surface area contributed by atoms with Crippen LogP contribution < -0.4 is 0 Å². The largest absolute Gasteiger partial charge is 0.299 e. The van der Waals surface area contributed by atoms with Crippen molar-refractivity contribution in [3.8, 4) is 0 Å². The lowest BCUT2D eigenvalue weighted by atomic mass is 9.87. The van der Waals surface area contributed by atoms with Crippen molar-refractivity contribution in [2.45, 2.75) is 33.1 Å². The van der Waals surface area contributed by atoms with Crippen molar-refractivity contribution in [2.24, 2.45) is 11.3 Å². The van der Waals surface area contributed by atoms with Crippen LogP contribution in [-0.4, -0.2) is 5.78 Å². The van der Waals surface area contributed by atoms with Crippen LogP contribution in [0.1, 0.15) is 32.3 Å². The van der Waals surface area contributed by atoms with Crippen LogP contribution in [0, 0.1) is 11.3 Å². The predicted octanol–water partition coefficient (Wildman–Crippen LogP) is 3.23. The summed E-state index contributed by atoms with van der Waals surface area (Å²) in [4.78, 5) is 12.0. The van der Waals surface area contributed by atoms with Gasteiger partial charge in [0, 0.05) is 11.3 Å². The molecule has 1 saturated carbocycles. The monoisotopic (exact) mass is 202 g/mol. The summed E-state index contributed by atoms with van der Waals surface area (Å²) in [6.07, 6.45) is 3.02. The van der Waals surface area contributed by atoms with Gasteiger partial charge in [0.2, 0.25) is 0 Å². The molecule has 0 saturated heterocycles. The van der Waals surface area contributed by atoms with Crippen LogP contribution in [0.25, 0.3) is 0 Å². The van der Waals surface area contributed by atoms with E-state index in [4.69, 9.17) is 0 Å². The molecule has 1 aromatic rings. The smallest absolute Gasteiger partial charge is 0.141 e. The van der Waals surface area contributed by atoms with E-state index in [1.165, 1.54) is 5.56 Å². The lowest BCUT2D eigenvalue weighted by molar-refractivity contribution is -0.127. The maximum absolute atomic E-state index is 12.0. The van der Waals surface area contributed by atoms with Crippen molar-refractivity contribution in [3.63, 3.8) is 0 Å². The van der Waals surface area contributed by atoms with E-state index < -0.39 is 0 Å². The summed E-state index contributed by atoms with van der Waals surface area (Å²) in [6, 6.07) is 10.3. The zero-order valence-corrected chi connectivity index (χ0v) is 9.49. The molecule has 1 fully saturated rings. The molecule has 0 amide bonds. The summed E-state index contributed by atoms with van der Waals surface area (Å²) < 4.78 is 0. The van der Waals surface area contributed by atoms with Gasteiger partial charge in [-0.1, -0.05) is 44.2 Å². The topological polar surface area (TPSA) is 17.1 Å². The first kappa shape index (κ1) is 10.4. The zero-order valence-electron chi connectivity index (χ0n) is 9.49. The molecule has 0 heterocycles. The highest BCUT2D eigenvalue weighted by Gasteiger charge is 2.39. The number of carbonyl (C=O) groups excluding carboxylic acids is 1. The molecule has 1 aliphatic carbocycles. The van der Waals surface area contributed by atoms with E-state index in [2.05, 4.69) is 26.0 Å². The quantitative estimate of drug-likeness (QED) is 0.719. The van der Waals surface area contributed by atoms with Gasteiger partial charge in [0.1, 0.15) is 5.78 Å². The van der Waals surface area contributed by atoms with Gasteiger partial charge in [0.15, 0.2) is 0 Å². The Hall–Kier alpha value is -1.11. The third-order valence-electron chi connectivity index (χ3n) is 3.48. The van der Waals surface area contributed by atoms with Gasteiger partial charge >= 0.3 is 0 Å². The number of Topliss-reactive ketones (excluding diaryl/α,β-unsaturated/α-hetero) is 1. The molecule has 1 heteroatoms. The third kappa shape index (κ3) is 2.11. The van der Waals surface area contributed by atoms with E-state index in [0.29, 0.717) is 5.78 Å². The minimum Gasteiger partial charge on any atom is -0.299 e. The van der Waals surface area contributed by atoms with Crippen molar-refractivity contribution in [1.82, 2.24) is 0 Å². The fraction of sp³-hybridized carbons (Fsp3) is 0.500. The molecule has 0 radical (unpaired) electrons. The van der Waals surface area contributed by atoms with Gasteiger partial charge in [-0.2, -0.15) is 0 Å². The predicted molar refractivity (Wildman–Crippen MR) is 61.7 cm³/mol. The number of benzene rings is 1. The molecule has 15 heavy (non-hydrogen) atoms. The summed E-state index contributed by atoms with van der Waals surface area (Å²) in [7, 11) is 0. The standard InChI is InChI=1S/C14H18O/c1-14(2)9-8-12(13(14)15)10-11-6-4-3-5-7-11/h3-7,12H,8-10H2,1-2H3. The molecular formula is C14H18O. The first-order chi connectivity index (χ1) is 7.09. The van der Waals surface area contributed by atoms with Crippen LogP contribution in [-0.2, 0) is 11.2 Å². The molecule has 0 aliphatic heterocycles. The summed E-state index contributed by atoms with van der Waals surface area (Å²) in [5.74, 6) is 0.703. The van der Waals surface area contributed by atoms with Gasteiger partial charge in [-0.3, -0.25) is 4.79 Å². The molecule has 0 aromatic heterocycles. The van der Waals surface area contributed by atoms with Crippen LogP contribution in [0.5, 0.6) is 0 Å². The summed E-state index contributed by atoms with van der Waals surface area (Å²) in [5, 5.41) is 0. The fourth-order valence-corrected chi connectivity index (χ4v) is 2.44. The minimum absolute atomic E-state index is 0.0839. The van der Waals surface area contributed by atoms with Crippen LogP contribution >= 0.6 is 0 Å². The summed E-state index contributed by atoms with van der Waals surface area (Å²) in [5.41, 5.74) is 1.20. The van der Waals surface area contributed by atoms with E-state index in [1.807, 2.05) is 18.2 Å². The highest BCUT2D eigenvalue weighted by molar-refractivity contribution is 5.88. The molecule has 1 unspecified atom stereocenters. The zero-order chi connectivity index (χ0) is 10.9. The molecule has 80 valence electrons. The number of ketones is 1. The van der Waals surface area contributed by atoms with Crippen LogP contribution in [0.4, 0.5) is 0 Å². The molecular weight excluding hydrogens is 184 g/mol. The average Bonchev–Trinajstić information content (AvgIpc) is 2.47. The maximum atomic E-state index is 12.0. The highest BCUT2D eigenvalue weighted by Crippen LogP contribution is 2.38. The Bertz CT molecular complexity index is 351. The summed E-state index contributed by atoms with van der Waals surface area (Å²) in [6.45, 7) is 4.14. The van der Waals surface area contributed by atoms with Crippen molar-refractivity contribution in [1.29, 1.82) is 0 Å². The van der Waals surface area contributed by atoms with Crippen LogP contribution in [0.3, 0.4) is 0 Å². The van der Waals surface area contributed by atoms with Gasteiger partial charge in [0.05, 0.1) is 0 Å². The SMILES string of the molecule is CC1(C)CCC(Cc2ccccc2)C1=O. The van der Waals surface area contributed by atoms with Gasteiger partial charge < -0.3 is 0 Å². The van der Waals surface area contributed by atoms with Gasteiger partial charge in [-0.05, 0) is 24.8 Å². The highest BCUT2D eigenvalue weighted by atomic mass is 16.1. The Kier molecular flexibility index (Phi) is 2.64. The van der Waals surface area contributed by atoms with Crippen molar-refractivity contribution < 1.29 is 4.79 Å². The second kappa shape index (κ2) is 3.80. The molecule has 0 N–H and O–H groups in total. The van der Waals surface area contributed by atoms with E-state index in [-0.39, 0.29) is 11.3 Å². The van der Waals surface area contributed by atoms with E-state index in [9.17, 15) is 4.79 Å². The first-order valence-electron chi connectivity index (χ1n) is 5.68. The molecule has 0 spiro atoms. The average molecular weight is 202 g/mol. The van der Waals surface area contributed by atoms with E-state index in [0.717, 1.165) is 19.3 Å². The van der Waals surface area contributed by atoms with Crippen molar-refractivity contribution in [2.75, 3.05) is 0 Å². The lowest BCUT2D eigenvalue weighted by Gasteiger charge is -2.15. The second-order valence-electron chi connectivity index (χ2n) is 5.17. The molecule has 0 bridgehead atoms. The number of hydrogen-bond donors (Lipinski definition) is 0.